The van der Waals surface area contributed by atoms with Gasteiger partial charge in [0.1, 0.15) is 0 Å². The van der Waals surface area contributed by atoms with Crippen LogP contribution >= 0.6 is 0 Å². The van der Waals surface area contributed by atoms with Crippen LogP contribution in [0.15, 0.2) is 29.2 Å². The predicted octanol–water partition coefficient (Wildman–Crippen LogP) is 1.57. The number of nitrogens with one attached hydrogen (secondary N) is 1. The van der Waals surface area contributed by atoms with Crippen molar-refractivity contribution in [1.29, 1.82) is 5.26 Å². The van der Waals surface area contributed by atoms with Crippen LogP contribution in [0.4, 0.5) is 0 Å². The normalized spacial score (nSPS) is 12.1. The summed E-state index contributed by atoms with van der Waals surface area (Å²) in [5.41, 5.74) is -0.344. The van der Waals surface area contributed by atoms with Crippen LogP contribution in [0.3, 0.4) is 0 Å². The molecule has 1 rings (SSSR count). The van der Waals surface area contributed by atoms with E-state index in [0.29, 0.717) is 0 Å². The summed E-state index contributed by atoms with van der Waals surface area (Å²) in [7, 11) is -3.75. The van der Waals surface area contributed by atoms with E-state index < -0.39 is 15.6 Å². The summed E-state index contributed by atoms with van der Waals surface area (Å²) in [6, 6.07) is 7.60. The van der Waals surface area contributed by atoms with Gasteiger partial charge in [0.05, 0.1) is 22.1 Å². The maximum Gasteiger partial charge on any atom is 0.262 e. The molecule has 0 atom stereocenters. The number of sulfonamides is 1. The summed E-state index contributed by atoms with van der Waals surface area (Å²) in [4.78, 5) is 7.03. The van der Waals surface area contributed by atoms with Gasteiger partial charge < -0.3 is 0 Å². The van der Waals surface area contributed by atoms with Crippen LogP contribution in [0.2, 0.25) is 0 Å². The van der Waals surface area contributed by atoms with Gasteiger partial charge in [-0.1, -0.05) is 11.0 Å². The van der Waals surface area contributed by atoms with Gasteiger partial charge in [0.2, 0.25) is 0 Å². The predicted molar refractivity (Wildman–Crippen MR) is 62.3 cm³/mol. The molecule has 17 heavy (non-hydrogen) atoms. The van der Waals surface area contributed by atoms with Crippen molar-refractivity contribution >= 4 is 10.0 Å². The zero-order chi connectivity index (χ0) is 13.1. The van der Waals surface area contributed by atoms with E-state index in [-0.39, 0.29) is 10.5 Å². The third-order valence-electron chi connectivity index (χ3n) is 1.73. The molecule has 0 aromatic heterocycles. The second-order valence-electron chi connectivity index (χ2n) is 4.44. The molecule has 0 aliphatic carbocycles. The third-order valence-corrected chi connectivity index (χ3v) is 2.91. The first-order valence-electron chi connectivity index (χ1n) is 4.94. The smallest absolute Gasteiger partial charge is 0.262 e. The molecule has 0 fully saturated rings. The molecule has 0 heterocycles. The van der Waals surface area contributed by atoms with Crippen molar-refractivity contribution in [2.24, 2.45) is 0 Å². The average molecular weight is 254 g/mol. The molecular formula is C11H14N2O3S. The van der Waals surface area contributed by atoms with Crippen molar-refractivity contribution < 1.29 is 13.3 Å². The van der Waals surface area contributed by atoms with Gasteiger partial charge in [0, 0.05) is 0 Å². The number of rotatable bonds is 3. The van der Waals surface area contributed by atoms with Crippen LogP contribution < -0.4 is 4.89 Å². The summed E-state index contributed by atoms with van der Waals surface area (Å²) in [6.07, 6.45) is 0. The fourth-order valence-electron chi connectivity index (χ4n) is 0.961. The monoisotopic (exact) mass is 254 g/mol. The minimum absolute atomic E-state index is 0.000741. The molecule has 1 N–H and O–H groups in total. The molecule has 0 bridgehead atoms. The maximum atomic E-state index is 11.8. The van der Waals surface area contributed by atoms with Crippen LogP contribution in [-0.2, 0) is 14.9 Å². The van der Waals surface area contributed by atoms with E-state index in [1.165, 1.54) is 24.3 Å². The van der Waals surface area contributed by atoms with E-state index >= 15 is 0 Å². The Morgan fingerprint density at radius 1 is 1.35 bits per heavy atom. The molecule has 0 saturated heterocycles. The molecule has 0 spiro atoms. The van der Waals surface area contributed by atoms with Crippen molar-refractivity contribution in [1.82, 2.24) is 4.89 Å². The first-order valence-corrected chi connectivity index (χ1v) is 6.43. The van der Waals surface area contributed by atoms with Gasteiger partial charge in [-0.3, -0.25) is 4.84 Å². The largest absolute Gasteiger partial charge is 0.281 e. The van der Waals surface area contributed by atoms with E-state index in [4.69, 9.17) is 10.1 Å². The van der Waals surface area contributed by atoms with Gasteiger partial charge in [-0.25, -0.2) is 8.42 Å². The molecule has 1 aromatic rings. The fraction of sp³-hybridized carbons (Fsp3) is 0.364. The molecule has 5 nitrogen and oxygen atoms in total. The van der Waals surface area contributed by atoms with Gasteiger partial charge in [0.15, 0.2) is 0 Å². The summed E-state index contributed by atoms with van der Waals surface area (Å²) < 4.78 is 23.6. The highest BCUT2D eigenvalue weighted by Gasteiger charge is 2.19. The van der Waals surface area contributed by atoms with E-state index in [1.807, 2.05) is 11.0 Å². The van der Waals surface area contributed by atoms with Crippen molar-refractivity contribution in [2.75, 3.05) is 0 Å². The first-order chi connectivity index (χ1) is 7.74. The van der Waals surface area contributed by atoms with Crippen molar-refractivity contribution in [3.8, 4) is 6.07 Å². The van der Waals surface area contributed by atoms with Gasteiger partial charge >= 0.3 is 0 Å². The minimum atomic E-state index is -3.75. The Morgan fingerprint density at radius 3 is 2.53 bits per heavy atom. The van der Waals surface area contributed by atoms with Gasteiger partial charge in [-0.2, -0.15) is 5.26 Å². The Labute approximate surface area is 101 Å². The second kappa shape index (κ2) is 4.84. The van der Waals surface area contributed by atoms with E-state index in [2.05, 4.69) is 0 Å². The average Bonchev–Trinajstić information content (AvgIpc) is 2.26. The first kappa shape index (κ1) is 13.6. The van der Waals surface area contributed by atoms with Crippen molar-refractivity contribution in [3.63, 3.8) is 0 Å². The van der Waals surface area contributed by atoms with Crippen molar-refractivity contribution in [3.05, 3.63) is 29.8 Å². The Bertz CT molecular complexity index is 539. The number of hydrogen-bond donors (Lipinski definition) is 1. The summed E-state index contributed by atoms with van der Waals surface area (Å²) in [5.74, 6) is 0. The zero-order valence-corrected chi connectivity index (χ0v) is 10.7. The highest BCUT2D eigenvalue weighted by molar-refractivity contribution is 7.89. The number of nitriles is 1. The lowest BCUT2D eigenvalue weighted by Gasteiger charge is -2.19. The summed E-state index contributed by atoms with van der Waals surface area (Å²) in [5, 5.41) is 8.69. The molecular weight excluding hydrogens is 240 g/mol. The minimum Gasteiger partial charge on any atom is -0.281 e. The maximum absolute atomic E-state index is 11.8. The van der Waals surface area contributed by atoms with E-state index in [0.717, 1.165) is 0 Å². The Hall–Kier alpha value is -1.42. The molecule has 1 aromatic carbocycles. The number of hydrogen-bond acceptors (Lipinski definition) is 4. The van der Waals surface area contributed by atoms with Crippen LogP contribution in [0, 0.1) is 11.3 Å². The van der Waals surface area contributed by atoms with Crippen LogP contribution in [-0.4, -0.2) is 14.0 Å². The molecule has 6 heteroatoms. The fourth-order valence-corrected chi connectivity index (χ4v) is 1.96. The zero-order valence-electron chi connectivity index (χ0n) is 9.89. The highest BCUT2D eigenvalue weighted by Crippen LogP contribution is 2.12. The van der Waals surface area contributed by atoms with Crippen molar-refractivity contribution in [2.45, 2.75) is 31.3 Å². The Morgan fingerprint density at radius 2 is 2.00 bits per heavy atom. The van der Waals surface area contributed by atoms with Crippen LogP contribution in [0.25, 0.3) is 0 Å². The molecule has 0 radical (unpaired) electrons. The number of nitrogens with zero attached hydrogens (tertiary/aromatic N) is 1. The lowest BCUT2D eigenvalue weighted by molar-refractivity contribution is -0.0357. The molecule has 0 saturated carbocycles. The third kappa shape index (κ3) is 4.15. The lowest BCUT2D eigenvalue weighted by atomic mass is 10.2. The lowest BCUT2D eigenvalue weighted by Crippen LogP contribution is -2.33. The SMILES string of the molecule is CC(C)(C)ONS(=O)(=O)c1cccc(C#N)c1. The highest BCUT2D eigenvalue weighted by atomic mass is 32.2. The van der Waals surface area contributed by atoms with E-state index in [1.54, 1.807) is 20.8 Å². The van der Waals surface area contributed by atoms with Crippen LogP contribution in [0.5, 0.6) is 0 Å². The molecule has 0 aliphatic rings. The quantitative estimate of drug-likeness (QED) is 0.830. The Balaban J connectivity index is 2.94. The van der Waals surface area contributed by atoms with Crippen LogP contribution in [0.1, 0.15) is 26.3 Å². The van der Waals surface area contributed by atoms with Gasteiger partial charge in [-0.15, -0.1) is 0 Å². The molecule has 0 aliphatic heterocycles. The second-order valence-corrected chi connectivity index (χ2v) is 6.09. The summed E-state index contributed by atoms with van der Waals surface area (Å²) in [6.45, 7) is 5.17. The topological polar surface area (TPSA) is 79.2 Å². The summed E-state index contributed by atoms with van der Waals surface area (Å²) >= 11 is 0. The van der Waals surface area contributed by atoms with Gasteiger partial charge in [-0.05, 0) is 39.0 Å². The van der Waals surface area contributed by atoms with E-state index in [9.17, 15) is 8.42 Å². The molecule has 0 amide bonds. The molecule has 92 valence electrons. The van der Waals surface area contributed by atoms with Gasteiger partial charge in [0.25, 0.3) is 10.0 Å². The standard InChI is InChI=1S/C11H14N2O3S/c1-11(2,3)16-13-17(14,15)10-6-4-5-9(7-10)8-12/h4-7,13H,1-3H3. The Kier molecular flexibility index (Phi) is 3.88. The number of benzene rings is 1. The molecule has 0 unspecified atom stereocenters.